The van der Waals surface area contributed by atoms with Gasteiger partial charge in [0.15, 0.2) is 0 Å². The van der Waals surface area contributed by atoms with Crippen LogP contribution in [0.1, 0.15) is 0 Å². The van der Waals surface area contributed by atoms with E-state index in [-0.39, 0.29) is 0 Å². The molecule has 0 saturated carbocycles. The molecule has 0 aromatic rings. The van der Waals surface area contributed by atoms with Crippen molar-refractivity contribution in [1.29, 1.82) is 0 Å². The number of alkyl halides is 12. The second-order valence-corrected chi connectivity index (χ2v) is 3.59. The van der Waals surface area contributed by atoms with Crippen molar-refractivity contribution in [2.75, 3.05) is 0 Å². The topological polar surface area (TPSA) is 68.3 Å². The van der Waals surface area contributed by atoms with Gasteiger partial charge >= 0.3 is 103 Å². The van der Waals surface area contributed by atoms with Gasteiger partial charge in [-0.1, -0.05) is 0 Å². The molecule has 0 heterocycles. The quantitative estimate of drug-likeness (QED) is 0.255. The van der Waals surface area contributed by atoms with E-state index < -0.39 is 34.5 Å². The van der Waals surface area contributed by atoms with Gasteiger partial charge in [-0.3, -0.25) is 27.2 Å². The van der Waals surface area contributed by atoms with Crippen LogP contribution in [-0.4, -0.2) is 56.3 Å². The number of halogens is 12. The predicted octanol–water partition coefficient (Wildman–Crippen LogP) is 2.84. The monoisotopic (exact) mass is 472 g/mol. The first-order valence-corrected chi connectivity index (χ1v) is 5.19. The maximum absolute atomic E-state index is 12.1. The van der Waals surface area contributed by atoms with E-state index in [0.29, 0.717) is 0 Å². The Kier molecular flexibility index (Phi) is 18.0. The van der Waals surface area contributed by atoms with E-state index >= 15 is 0 Å². The van der Waals surface area contributed by atoms with Crippen LogP contribution in [0.15, 0.2) is 0 Å². The van der Waals surface area contributed by atoms with Crippen LogP contribution in [-0.2, 0) is 34.8 Å². The summed E-state index contributed by atoms with van der Waals surface area (Å²) in [6.07, 6.45) is -28.5. The molecule has 164 valence electrons. The van der Waals surface area contributed by atoms with E-state index in [0.717, 1.165) is 0 Å². The van der Waals surface area contributed by atoms with Crippen LogP contribution in [0.4, 0.5) is 52.7 Å². The molecular formula is C10H4F12FeO4-4. The van der Waals surface area contributed by atoms with Crippen LogP contribution in [0.2, 0.25) is 0 Å². The van der Waals surface area contributed by atoms with E-state index in [1.165, 1.54) is 15.6 Å². The van der Waals surface area contributed by atoms with Crippen molar-refractivity contribution in [2.24, 2.45) is 5.41 Å². The van der Waals surface area contributed by atoms with Gasteiger partial charge in [-0.2, -0.15) is 0 Å². The van der Waals surface area contributed by atoms with Crippen molar-refractivity contribution in [2.45, 2.75) is 24.7 Å². The molecule has 0 rings (SSSR count). The summed E-state index contributed by atoms with van der Waals surface area (Å²) in [5.74, 6) is 0. The molecule has 0 N–H and O–H groups in total. The second-order valence-electron chi connectivity index (χ2n) is 3.04. The molecule has 27 heavy (non-hydrogen) atoms. The summed E-state index contributed by atoms with van der Waals surface area (Å²) in [5, 5.41) is 0. The summed E-state index contributed by atoms with van der Waals surface area (Å²) in [6.45, 7) is 13.0. The molecule has 0 aromatic carbocycles. The minimum absolute atomic E-state index is 1.31. The van der Waals surface area contributed by atoms with Crippen LogP contribution in [0, 0.1) is 5.41 Å². The van der Waals surface area contributed by atoms with Gasteiger partial charge in [-0.05, 0) is 0 Å². The fourth-order valence-electron chi connectivity index (χ4n) is 1.06. The molecule has 0 unspecified atom stereocenters. The van der Waals surface area contributed by atoms with Gasteiger partial charge in [-0.15, -0.1) is 0 Å². The number of rotatable bonds is 1. The van der Waals surface area contributed by atoms with Crippen molar-refractivity contribution in [3.8, 4) is 0 Å². The van der Waals surface area contributed by atoms with E-state index in [9.17, 15) is 52.7 Å². The molecule has 0 spiro atoms. The average Bonchev–Trinajstić information content (AvgIpc) is 2.50. The van der Waals surface area contributed by atoms with Crippen molar-refractivity contribution >= 4 is 31.6 Å². The average molecular weight is 472 g/mol. The number of hydrogen-bond donors (Lipinski definition) is 0. The third-order valence-electron chi connectivity index (χ3n) is 1.84. The Morgan fingerprint density at radius 1 is 0.481 bits per heavy atom. The summed E-state index contributed by atoms with van der Waals surface area (Å²) in [4.78, 5) is 31.0. The SMILES string of the molecule is FC(F)(F)[C](=[Fe])C(C(F)(F)F)(C(F)(F)F)C(F)(F)F.[CH-]=O.[CH-]=O.[CH-]=O.[CH-]=O. The molecule has 0 atom stereocenters. The van der Waals surface area contributed by atoms with Gasteiger partial charge in [0.05, 0.1) is 0 Å². The molecule has 0 aliphatic carbocycles. The van der Waals surface area contributed by atoms with Gasteiger partial charge in [0, 0.05) is 0 Å². The molecule has 0 aliphatic rings. The molecule has 0 bridgehead atoms. The van der Waals surface area contributed by atoms with E-state index in [1.807, 2.05) is 0 Å². The Hall–Kier alpha value is -1.77. The first-order chi connectivity index (χ1) is 11.9. The van der Waals surface area contributed by atoms with Crippen molar-refractivity contribution in [1.82, 2.24) is 0 Å². The Morgan fingerprint density at radius 2 is 0.630 bits per heavy atom. The zero-order valence-corrected chi connectivity index (χ0v) is 12.9. The zero-order chi connectivity index (χ0) is 24.1. The van der Waals surface area contributed by atoms with E-state index in [1.54, 1.807) is 0 Å². The third-order valence-corrected chi connectivity index (χ3v) is 2.56. The predicted molar refractivity (Wildman–Crippen MR) is 58.7 cm³/mol. The molecule has 0 saturated heterocycles. The van der Waals surface area contributed by atoms with Crippen LogP contribution < -0.4 is 0 Å². The van der Waals surface area contributed by atoms with Gasteiger partial charge in [-0.25, -0.2) is 0 Å². The summed E-state index contributed by atoms with van der Waals surface area (Å²) in [7, 11) is 0. The van der Waals surface area contributed by atoms with Crippen LogP contribution >= 0.6 is 0 Å². The number of hydrogen-bond acceptors (Lipinski definition) is 4. The molecular weight excluding hydrogens is 468 g/mol. The molecule has 0 radical (unpaired) electrons. The van der Waals surface area contributed by atoms with Gasteiger partial charge in [0.2, 0.25) is 0 Å². The molecule has 0 amide bonds. The fourth-order valence-corrected chi connectivity index (χ4v) is 1.53. The summed E-state index contributed by atoms with van der Waals surface area (Å²) >= 11 is 1.31. The summed E-state index contributed by atoms with van der Waals surface area (Å²) < 4.78 is 141. The van der Waals surface area contributed by atoms with E-state index in [2.05, 4.69) is 27.2 Å². The van der Waals surface area contributed by atoms with Crippen molar-refractivity contribution in [3.63, 3.8) is 0 Å². The third kappa shape index (κ3) is 8.64. The van der Waals surface area contributed by atoms with Crippen LogP contribution in [0.5, 0.6) is 0 Å². The molecule has 4 nitrogen and oxygen atoms in total. The maximum Gasteiger partial charge on any atom is -0.282 e. The van der Waals surface area contributed by atoms with Crippen molar-refractivity contribution in [3.05, 3.63) is 0 Å². The second kappa shape index (κ2) is 13.4. The maximum atomic E-state index is 12.1. The Labute approximate surface area is 150 Å². The zero-order valence-electron chi connectivity index (χ0n) is 11.8. The first kappa shape index (κ1) is 36.2. The minimum atomic E-state index is -7.31. The number of carbonyl (C=O) groups excluding carboxylic acids is 4. The standard InChI is InChI=1S/C6F12.4CHO.Fe/c7-3(8,9)1-2(4(10,11)12,5(13,14)15)6(16,17)18;4*1-2;/h;4*1H;/q;4*-1;. The van der Waals surface area contributed by atoms with Crippen LogP contribution in [0.3, 0.4) is 0 Å². The van der Waals surface area contributed by atoms with Gasteiger partial charge < -0.3 is 19.2 Å². The molecule has 0 aromatic heterocycles. The fraction of sp³-hybridized carbons (Fsp3) is 0.500. The summed E-state index contributed by atoms with van der Waals surface area (Å²) in [5.41, 5.74) is -7.06. The molecule has 0 aliphatic heterocycles. The normalized spacial score (nSPS) is 11.6. The molecule has 17 heteroatoms. The Bertz CT molecular complexity index is 382. The van der Waals surface area contributed by atoms with Gasteiger partial charge in [0.1, 0.15) is 0 Å². The molecule has 0 fully saturated rings. The summed E-state index contributed by atoms with van der Waals surface area (Å²) in [6, 6.07) is 0. The Morgan fingerprint density at radius 3 is 0.667 bits per heavy atom. The Balaban J connectivity index is -0.000000177. The van der Waals surface area contributed by atoms with Gasteiger partial charge in [0.25, 0.3) is 0 Å². The first-order valence-electron chi connectivity index (χ1n) is 4.64. The van der Waals surface area contributed by atoms with E-state index in [4.69, 9.17) is 19.2 Å². The van der Waals surface area contributed by atoms with Crippen molar-refractivity contribution < 1.29 is 87.4 Å². The minimum Gasteiger partial charge on any atom is -0.545 e. The van der Waals surface area contributed by atoms with Crippen LogP contribution in [0.25, 0.3) is 0 Å². The largest absolute Gasteiger partial charge is 0.545 e. The smallest absolute Gasteiger partial charge is 0.282 e.